The molecule has 7 nitrogen and oxygen atoms in total. The number of fused-ring (bicyclic) bond motifs is 1. The first-order chi connectivity index (χ1) is 17.5. The molecule has 3 aromatic rings. The van der Waals surface area contributed by atoms with Crippen LogP contribution in [0.1, 0.15) is 51.1 Å². The highest BCUT2D eigenvalue weighted by molar-refractivity contribution is 7.99. The number of carbonyl (C=O) groups excluding carboxylic acids is 1. The third kappa shape index (κ3) is 5.02. The second-order valence-electron chi connectivity index (χ2n) is 9.39. The topological polar surface area (TPSA) is 91.8 Å². The van der Waals surface area contributed by atoms with E-state index in [4.69, 9.17) is 4.74 Å². The van der Waals surface area contributed by atoms with Crippen molar-refractivity contribution in [2.75, 3.05) is 11.1 Å². The highest BCUT2D eigenvalue weighted by Gasteiger charge is 2.28. The van der Waals surface area contributed by atoms with Crippen LogP contribution in [0.3, 0.4) is 0 Å². The number of nitrogens with zero attached hydrogens (tertiary/aromatic N) is 4. The maximum absolute atomic E-state index is 12.0. The quantitative estimate of drug-likeness (QED) is 0.344. The van der Waals surface area contributed by atoms with Gasteiger partial charge in [-0.2, -0.15) is 5.26 Å². The molecule has 1 fully saturated rings. The van der Waals surface area contributed by atoms with Crippen molar-refractivity contribution in [3.05, 3.63) is 48.0 Å². The number of nitriles is 1. The molecule has 0 radical (unpaired) electrons. The van der Waals surface area contributed by atoms with E-state index in [0.29, 0.717) is 17.3 Å². The van der Waals surface area contributed by atoms with Gasteiger partial charge in [0.05, 0.1) is 28.9 Å². The van der Waals surface area contributed by atoms with Crippen LogP contribution in [0.25, 0.3) is 22.2 Å². The van der Waals surface area contributed by atoms with Crippen molar-refractivity contribution in [3.63, 3.8) is 0 Å². The van der Waals surface area contributed by atoms with Crippen LogP contribution in [-0.4, -0.2) is 41.1 Å². The van der Waals surface area contributed by atoms with Gasteiger partial charge in [0, 0.05) is 34.0 Å². The monoisotopic (exact) mass is 499 g/mol. The molecule has 1 atom stereocenters. The molecule has 1 aromatic heterocycles. The number of carbonyl (C=O) groups is 1. The first kappa shape index (κ1) is 24.1. The molecule has 1 aliphatic carbocycles. The fraction of sp³-hybridized carbons (Fsp3) is 0.357. The molecule has 1 aliphatic heterocycles. The fourth-order valence-electron chi connectivity index (χ4n) is 4.62. The Balaban J connectivity index is 1.46. The predicted molar refractivity (Wildman–Crippen MR) is 146 cm³/mol. The standard InChI is InChI=1S/C28H29N5O2S/c1-18(2)35-28(34)32-20-8-6-19(7-9-20)27-25(15-29)24-11-10-23(36-13-12-21-16-30-17-31-21)14-26(24)33(27)22-4-3-5-22/h6-11,14,16-18,21-22H,3-5,12-13H2,1-2H3,(H,32,34). The van der Waals surface area contributed by atoms with E-state index in [1.165, 1.54) is 11.3 Å². The maximum Gasteiger partial charge on any atom is 0.411 e. The van der Waals surface area contributed by atoms with Crippen LogP contribution in [0.5, 0.6) is 0 Å². The van der Waals surface area contributed by atoms with Crippen LogP contribution in [-0.2, 0) is 4.74 Å². The number of aromatic nitrogens is 1. The summed E-state index contributed by atoms with van der Waals surface area (Å²) >= 11 is 1.81. The van der Waals surface area contributed by atoms with Gasteiger partial charge in [-0.1, -0.05) is 18.2 Å². The van der Waals surface area contributed by atoms with E-state index in [1.807, 2.05) is 56.1 Å². The minimum atomic E-state index is -0.476. The molecule has 1 saturated carbocycles. The van der Waals surface area contributed by atoms with Crippen LogP contribution < -0.4 is 5.32 Å². The van der Waals surface area contributed by atoms with Gasteiger partial charge in [0.1, 0.15) is 12.4 Å². The van der Waals surface area contributed by atoms with Crippen LogP contribution in [0.4, 0.5) is 10.5 Å². The van der Waals surface area contributed by atoms with Gasteiger partial charge in [-0.15, -0.1) is 11.8 Å². The van der Waals surface area contributed by atoms with Crippen molar-refractivity contribution in [1.29, 1.82) is 5.26 Å². The van der Waals surface area contributed by atoms with Crippen LogP contribution in [0, 0.1) is 11.3 Å². The number of aliphatic imine (C=N–C) groups is 2. The van der Waals surface area contributed by atoms with Gasteiger partial charge >= 0.3 is 6.09 Å². The Kier molecular flexibility index (Phi) is 7.10. The lowest BCUT2D eigenvalue weighted by atomic mass is 9.92. The van der Waals surface area contributed by atoms with E-state index in [2.05, 4.69) is 44.1 Å². The van der Waals surface area contributed by atoms with Crippen molar-refractivity contribution in [2.45, 2.75) is 62.6 Å². The van der Waals surface area contributed by atoms with Gasteiger partial charge in [-0.25, -0.2) is 9.79 Å². The largest absolute Gasteiger partial charge is 0.447 e. The third-order valence-electron chi connectivity index (χ3n) is 6.54. The zero-order chi connectivity index (χ0) is 25.1. The van der Waals surface area contributed by atoms with Crippen molar-refractivity contribution < 1.29 is 9.53 Å². The second kappa shape index (κ2) is 10.6. The van der Waals surface area contributed by atoms with Gasteiger partial charge < -0.3 is 9.30 Å². The molecule has 184 valence electrons. The van der Waals surface area contributed by atoms with Gasteiger partial charge in [0.2, 0.25) is 0 Å². The van der Waals surface area contributed by atoms with Crippen molar-refractivity contribution in [2.24, 2.45) is 9.98 Å². The molecule has 2 aromatic carbocycles. The van der Waals surface area contributed by atoms with Crippen LogP contribution in [0.2, 0.25) is 0 Å². The molecule has 1 unspecified atom stereocenters. The SMILES string of the molecule is CC(C)OC(=O)Nc1ccc(-c2c(C#N)c3ccc(SCCC4C=NC=N4)cc3n2C2CCC2)cc1. The van der Waals surface area contributed by atoms with Crippen molar-refractivity contribution in [3.8, 4) is 17.3 Å². The molecular weight excluding hydrogens is 470 g/mol. The average molecular weight is 500 g/mol. The van der Waals surface area contributed by atoms with E-state index in [0.717, 1.165) is 47.2 Å². The van der Waals surface area contributed by atoms with E-state index in [-0.39, 0.29) is 12.1 Å². The minimum Gasteiger partial charge on any atom is -0.447 e. The molecule has 8 heteroatoms. The molecule has 5 rings (SSSR count). The zero-order valence-electron chi connectivity index (χ0n) is 20.5. The number of anilines is 1. The smallest absolute Gasteiger partial charge is 0.411 e. The summed E-state index contributed by atoms with van der Waals surface area (Å²) in [4.78, 5) is 21.6. The van der Waals surface area contributed by atoms with Crippen LogP contribution in [0.15, 0.2) is 57.3 Å². The Morgan fingerprint density at radius 2 is 2.06 bits per heavy atom. The minimum absolute atomic E-state index is 0.182. The first-order valence-corrected chi connectivity index (χ1v) is 13.4. The van der Waals surface area contributed by atoms with Gasteiger partial charge in [-0.05, 0) is 69.4 Å². The van der Waals surface area contributed by atoms with Gasteiger partial charge in [0.25, 0.3) is 0 Å². The number of hydrogen-bond donors (Lipinski definition) is 1. The Bertz CT molecular complexity index is 1350. The summed E-state index contributed by atoms with van der Waals surface area (Å²) in [7, 11) is 0. The summed E-state index contributed by atoms with van der Waals surface area (Å²) in [6, 6.07) is 17.1. The summed E-state index contributed by atoms with van der Waals surface area (Å²) in [5.74, 6) is 0.954. The van der Waals surface area contributed by atoms with Gasteiger partial charge in [0.15, 0.2) is 0 Å². The summed E-state index contributed by atoms with van der Waals surface area (Å²) in [5, 5.41) is 13.9. The summed E-state index contributed by atoms with van der Waals surface area (Å²) < 4.78 is 7.54. The third-order valence-corrected chi connectivity index (χ3v) is 7.57. The molecule has 2 heterocycles. The normalized spacial score (nSPS) is 16.9. The van der Waals surface area contributed by atoms with E-state index >= 15 is 0 Å². The van der Waals surface area contributed by atoms with E-state index in [1.54, 1.807) is 6.34 Å². The summed E-state index contributed by atoms with van der Waals surface area (Å²) in [6.45, 7) is 3.63. The first-order valence-electron chi connectivity index (χ1n) is 12.4. The zero-order valence-corrected chi connectivity index (χ0v) is 21.3. The molecule has 1 amide bonds. The average Bonchev–Trinajstić information content (AvgIpc) is 3.44. The number of benzene rings is 2. The lowest BCUT2D eigenvalue weighted by Crippen LogP contribution is -2.18. The highest BCUT2D eigenvalue weighted by atomic mass is 32.2. The van der Waals surface area contributed by atoms with E-state index in [9.17, 15) is 10.1 Å². The number of amides is 1. The fourth-order valence-corrected chi connectivity index (χ4v) is 5.58. The van der Waals surface area contributed by atoms with Crippen molar-refractivity contribution in [1.82, 2.24) is 4.57 Å². The maximum atomic E-state index is 12.0. The number of hydrogen-bond acceptors (Lipinski definition) is 6. The lowest BCUT2D eigenvalue weighted by molar-refractivity contribution is 0.130. The second-order valence-corrected chi connectivity index (χ2v) is 10.6. The Hall–Kier alpha value is -3.57. The Labute approximate surface area is 215 Å². The summed E-state index contributed by atoms with van der Waals surface area (Å²) in [6.07, 6.45) is 7.22. The van der Waals surface area contributed by atoms with Crippen molar-refractivity contribution >= 4 is 47.0 Å². The number of thioether (sulfide) groups is 1. The molecule has 0 spiro atoms. The molecule has 0 bridgehead atoms. The summed E-state index contributed by atoms with van der Waals surface area (Å²) in [5.41, 5.74) is 4.38. The molecular formula is C28H29N5O2S. The van der Waals surface area contributed by atoms with E-state index < -0.39 is 6.09 Å². The number of nitrogens with one attached hydrogen (secondary N) is 1. The molecule has 2 aliphatic rings. The number of ether oxygens (including phenoxy) is 1. The van der Waals surface area contributed by atoms with Gasteiger partial charge in [-0.3, -0.25) is 10.3 Å². The Morgan fingerprint density at radius 3 is 2.69 bits per heavy atom. The Morgan fingerprint density at radius 1 is 1.25 bits per heavy atom. The van der Waals surface area contributed by atoms with Crippen LogP contribution >= 0.6 is 11.8 Å². The predicted octanol–water partition coefficient (Wildman–Crippen LogP) is 6.83. The lowest BCUT2D eigenvalue weighted by Gasteiger charge is -2.30. The molecule has 0 saturated heterocycles. The highest BCUT2D eigenvalue weighted by Crippen LogP contribution is 2.43. The molecule has 36 heavy (non-hydrogen) atoms. The molecule has 1 N–H and O–H groups in total. The number of rotatable bonds is 8.